The number of nitrogens with zero attached hydrogens (tertiary/aromatic N) is 4. The number of ether oxygens (including phenoxy) is 1. The van der Waals surface area contributed by atoms with E-state index in [0.717, 1.165) is 5.69 Å². The Morgan fingerprint density at radius 2 is 1.90 bits per heavy atom. The summed E-state index contributed by atoms with van der Waals surface area (Å²) in [6.45, 7) is 12.1. The Balaban J connectivity index is 1.30. The zero-order valence-electron chi connectivity index (χ0n) is 23.6. The number of carbonyl (C=O) groups excluding carboxylic acids is 1. The Morgan fingerprint density at radius 1 is 1.20 bits per heavy atom. The normalized spacial score (nSPS) is 21.4. The highest BCUT2D eigenvalue weighted by Crippen LogP contribution is 2.36. The smallest absolute Gasteiger partial charge is 0.319 e. The third-order valence-corrected chi connectivity index (χ3v) is 7.87. The van der Waals surface area contributed by atoms with Crippen LogP contribution in [0.4, 0.5) is 16.3 Å². The van der Waals surface area contributed by atoms with E-state index in [0.29, 0.717) is 47.4 Å². The largest absolute Gasteiger partial charge is 0.387 e. The summed E-state index contributed by atoms with van der Waals surface area (Å²) in [6.07, 6.45) is 0.0947. The molecular weight excluding hydrogens is 578 g/mol. The highest BCUT2D eigenvalue weighted by molar-refractivity contribution is 9.10. The molecular formula is C28H40BrN7O4. The molecule has 218 valence electrons. The average molecular weight is 619 g/mol. The molecule has 11 nitrogen and oxygen atoms in total. The number of aromatic nitrogens is 3. The van der Waals surface area contributed by atoms with E-state index in [1.807, 2.05) is 24.3 Å². The molecule has 0 saturated carbocycles. The molecule has 1 aromatic carbocycles. The molecule has 3 aromatic rings. The summed E-state index contributed by atoms with van der Waals surface area (Å²) in [4.78, 5) is 22.9. The average Bonchev–Trinajstić information content (AvgIpc) is 3.37. The quantitative estimate of drug-likeness (QED) is 0.228. The van der Waals surface area contributed by atoms with Crippen molar-refractivity contribution < 1.29 is 19.7 Å². The lowest BCUT2D eigenvalue weighted by molar-refractivity contribution is -0.0466. The summed E-state index contributed by atoms with van der Waals surface area (Å²) in [6, 6.07) is 7.78. The van der Waals surface area contributed by atoms with E-state index in [-0.39, 0.29) is 17.5 Å². The number of fused-ring (bicyclic) bond motifs is 1. The number of aliphatic hydroxyl groups is 2. The first-order valence-electron chi connectivity index (χ1n) is 13.5. The van der Waals surface area contributed by atoms with Crippen LogP contribution >= 0.6 is 15.9 Å². The van der Waals surface area contributed by atoms with Crippen LogP contribution < -0.4 is 16.4 Å². The summed E-state index contributed by atoms with van der Waals surface area (Å²) >= 11 is 3.48. The highest BCUT2D eigenvalue weighted by Gasteiger charge is 2.45. The number of nitrogen functional groups attached to an aromatic ring is 1. The monoisotopic (exact) mass is 617 g/mol. The van der Waals surface area contributed by atoms with Crippen LogP contribution in [0.3, 0.4) is 0 Å². The maximum atomic E-state index is 12.4. The van der Waals surface area contributed by atoms with E-state index in [2.05, 4.69) is 76.1 Å². The minimum atomic E-state index is -1.15. The number of amides is 2. The third-order valence-electron chi connectivity index (χ3n) is 7.26. The number of nitrogens with one attached hydrogen (secondary N) is 2. The van der Waals surface area contributed by atoms with Gasteiger partial charge in [-0.2, -0.15) is 0 Å². The second-order valence-electron chi connectivity index (χ2n) is 11.5. The molecule has 1 aliphatic rings. The molecule has 1 saturated heterocycles. The molecule has 0 aliphatic carbocycles. The zero-order valence-corrected chi connectivity index (χ0v) is 25.2. The molecule has 0 bridgehead atoms. The van der Waals surface area contributed by atoms with Crippen molar-refractivity contribution in [3.63, 3.8) is 0 Å². The van der Waals surface area contributed by atoms with Gasteiger partial charge in [-0.05, 0) is 59.3 Å². The van der Waals surface area contributed by atoms with Crippen molar-refractivity contribution in [3.8, 4) is 0 Å². The third kappa shape index (κ3) is 6.74. The summed E-state index contributed by atoms with van der Waals surface area (Å²) in [5, 5.41) is 28.1. The lowest BCUT2D eigenvalue weighted by Gasteiger charge is -2.30. The molecule has 2 aromatic heterocycles. The number of aliphatic hydroxyl groups excluding tert-OH is 2. The molecule has 40 heavy (non-hydrogen) atoms. The molecule has 3 unspecified atom stereocenters. The van der Waals surface area contributed by atoms with Crippen LogP contribution in [0.5, 0.6) is 0 Å². The Hall–Kier alpha value is -2.77. The van der Waals surface area contributed by atoms with E-state index in [1.54, 1.807) is 10.8 Å². The highest BCUT2D eigenvalue weighted by atomic mass is 79.9. The van der Waals surface area contributed by atoms with E-state index < -0.39 is 24.5 Å². The van der Waals surface area contributed by atoms with Crippen LogP contribution in [0.15, 0.2) is 41.3 Å². The molecule has 4 rings (SSSR count). The van der Waals surface area contributed by atoms with E-state index in [9.17, 15) is 15.0 Å². The van der Waals surface area contributed by atoms with Gasteiger partial charge in [0.05, 0.1) is 5.39 Å². The number of anilines is 2. The summed E-state index contributed by atoms with van der Waals surface area (Å²) < 4.78 is 8.52. The molecule has 4 atom stereocenters. The number of nitrogens with two attached hydrogens (primary N) is 1. The van der Waals surface area contributed by atoms with Crippen LogP contribution in [0.1, 0.15) is 52.8 Å². The van der Waals surface area contributed by atoms with Crippen molar-refractivity contribution in [1.29, 1.82) is 0 Å². The molecule has 0 spiro atoms. The van der Waals surface area contributed by atoms with Gasteiger partial charge in [-0.15, -0.1) is 0 Å². The SMILES string of the molecule is CC(C)N(CCCNC(=O)Nc1ccc(C(C)(C)C)cc1)C[C@H]1OC(n2cc(Br)c3c(N)ncnc32)C(O)C1O. The Morgan fingerprint density at radius 3 is 2.55 bits per heavy atom. The van der Waals surface area contributed by atoms with Crippen LogP contribution in [0, 0.1) is 0 Å². The van der Waals surface area contributed by atoms with Gasteiger partial charge < -0.3 is 35.9 Å². The van der Waals surface area contributed by atoms with Gasteiger partial charge in [-0.3, -0.25) is 4.90 Å². The number of hydrogen-bond acceptors (Lipinski definition) is 8. The van der Waals surface area contributed by atoms with E-state index >= 15 is 0 Å². The van der Waals surface area contributed by atoms with Gasteiger partial charge in [0.1, 0.15) is 36.1 Å². The van der Waals surface area contributed by atoms with Gasteiger partial charge in [0, 0.05) is 42.0 Å². The van der Waals surface area contributed by atoms with Crippen molar-refractivity contribution in [1.82, 2.24) is 24.8 Å². The van der Waals surface area contributed by atoms with Gasteiger partial charge in [0.25, 0.3) is 0 Å². The van der Waals surface area contributed by atoms with Gasteiger partial charge in [-0.1, -0.05) is 32.9 Å². The lowest BCUT2D eigenvalue weighted by Crippen LogP contribution is -2.44. The van der Waals surface area contributed by atoms with Crippen molar-refractivity contribution in [3.05, 3.63) is 46.8 Å². The second kappa shape index (κ2) is 12.4. The molecule has 0 radical (unpaired) electrons. The fraction of sp³-hybridized carbons (Fsp3) is 0.536. The van der Waals surface area contributed by atoms with Gasteiger partial charge in [0.2, 0.25) is 0 Å². The van der Waals surface area contributed by atoms with Crippen LogP contribution in [0.2, 0.25) is 0 Å². The number of halogens is 1. The first-order chi connectivity index (χ1) is 18.9. The molecule has 1 fully saturated rings. The second-order valence-corrected chi connectivity index (χ2v) is 12.4. The summed E-state index contributed by atoms with van der Waals surface area (Å²) in [7, 11) is 0. The standard InChI is InChI=1S/C28H40BrN7O4/c1-16(2)35(12-6-11-31-27(39)34-18-9-7-17(8-10-18)28(3,4)5)14-20-22(37)23(38)26(40-20)36-13-19(29)21-24(30)32-15-33-25(21)36/h7-10,13,15-16,20,22-23,26,37-38H,6,11-12,14H2,1-5H3,(H2,30,32,33)(H2,31,34,39)/t20-,22?,23?,26?/m1/s1. The Labute approximate surface area is 243 Å². The van der Waals surface area contributed by atoms with Crippen molar-refractivity contribution >= 4 is 44.5 Å². The molecule has 3 heterocycles. The van der Waals surface area contributed by atoms with E-state index in [4.69, 9.17) is 10.5 Å². The number of carbonyl (C=O) groups is 1. The number of urea groups is 1. The number of hydrogen-bond donors (Lipinski definition) is 5. The summed E-state index contributed by atoms with van der Waals surface area (Å²) in [5.74, 6) is 0.312. The Bertz CT molecular complexity index is 1310. The molecule has 12 heteroatoms. The molecule has 6 N–H and O–H groups in total. The topological polar surface area (TPSA) is 151 Å². The van der Waals surface area contributed by atoms with Gasteiger partial charge in [-0.25, -0.2) is 14.8 Å². The van der Waals surface area contributed by atoms with Gasteiger partial charge in [0.15, 0.2) is 6.23 Å². The van der Waals surface area contributed by atoms with E-state index in [1.165, 1.54) is 11.9 Å². The fourth-order valence-corrected chi connectivity index (χ4v) is 5.47. The predicted octanol–water partition coefficient (Wildman–Crippen LogP) is 3.61. The van der Waals surface area contributed by atoms with Crippen molar-refractivity contribution in [2.75, 3.05) is 30.7 Å². The fourth-order valence-electron chi connectivity index (χ4n) is 4.87. The lowest BCUT2D eigenvalue weighted by atomic mass is 9.87. The van der Waals surface area contributed by atoms with Gasteiger partial charge >= 0.3 is 6.03 Å². The molecule has 1 aliphatic heterocycles. The number of benzene rings is 1. The molecule has 2 amide bonds. The summed E-state index contributed by atoms with van der Waals surface area (Å²) in [5.41, 5.74) is 8.52. The Kier molecular flexibility index (Phi) is 9.36. The zero-order chi connectivity index (χ0) is 29.2. The van der Waals surface area contributed by atoms with Crippen LogP contribution in [-0.2, 0) is 10.2 Å². The maximum absolute atomic E-state index is 12.4. The van der Waals surface area contributed by atoms with Crippen molar-refractivity contribution in [2.24, 2.45) is 0 Å². The first-order valence-corrected chi connectivity index (χ1v) is 14.3. The van der Waals surface area contributed by atoms with Crippen LogP contribution in [-0.4, -0.2) is 79.7 Å². The van der Waals surface area contributed by atoms with Crippen molar-refractivity contribution in [2.45, 2.75) is 77.0 Å². The first kappa shape index (κ1) is 30.2. The van der Waals surface area contributed by atoms with Crippen LogP contribution in [0.25, 0.3) is 11.0 Å². The minimum absolute atomic E-state index is 0.0545. The predicted molar refractivity (Wildman–Crippen MR) is 159 cm³/mol. The minimum Gasteiger partial charge on any atom is -0.387 e. The number of rotatable bonds is 9. The maximum Gasteiger partial charge on any atom is 0.319 e.